The lowest BCUT2D eigenvalue weighted by atomic mass is 10.2. The van der Waals surface area contributed by atoms with Crippen molar-refractivity contribution in [2.45, 2.75) is 25.7 Å². The smallest absolute Gasteiger partial charge is 0.417 e. The van der Waals surface area contributed by atoms with Gasteiger partial charge in [0.1, 0.15) is 0 Å². The van der Waals surface area contributed by atoms with Gasteiger partial charge in [-0.25, -0.2) is 14.4 Å². The molecular formula is C36H33N5O12. The Labute approximate surface area is 299 Å². The van der Waals surface area contributed by atoms with Crippen molar-refractivity contribution in [1.82, 2.24) is 24.9 Å². The van der Waals surface area contributed by atoms with E-state index in [0.29, 0.717) is 11.9 Å². The molecule has 17 nitrogen and oxygen atoms in total. The first kappa shape index (κ1) is 41.6. The van der Waals surface area contributed by atoms with E-state index in [2.05, 4.69) is 29.3 Å². The van der Waals surface area contributed by atoms with Gasteiger partial charge in [-0.2, -0.15) is 0 Å². The van der Waals surface area contributed by atoms with E-state index in [-0.39, 0.29) is 36.0 Å². The van der Waals surface area contributed by atoms with Crippen molar-refractivity contribution in [1.29, 1.82) is 0 Å². The molecule has 0 spiro atoms. The number of aromatic nitrogens is 5. The summed E-state index contributed by atoms with van der Waals surface area (Å²) in [6, 6.07) is 19.6. The lowest BCUT2D eigenvalue weighted by molar-refractivity contribution is -0.137. The lowest BCUT2D eigenvalue weighted by Gasteiger charge is -1.94. The molecule has 5 aromatic heterocycles. The average molecular weight is 728 g/mol. The maximum absolute atomic E-state index is 10.7. The highest BCUT2D eigenvalue weighted by atomic mass is 16.4. The van der Waals surface area contributed by atoms with Gasteiger partial charge < -0.3 is 29.9 Å². The molecule has 0 aliphatic heterocycles. The first-order chi connectivity index (χ1) is 25.3. The second-order valence-electron chi connectivity index (χ2n) is 10.2. The summed E-state index contributed by atoms with van der Waals surface area (Å²) in [5.74, 6) is -5.00. The molecule has 0 atom stereocenters. The molecule has 0 aliphatic rings. The van der Waals surface area contributed by atoms with Gasteiger partial charge in [0.25, 0.3) is 0 Å². The Morgan fingerprint density at radius 3 is 1.75 bits per heavy atom. The van der Waals surface area contributed by atoms with E-state index in [0.717, 1.165) is 16.8 Å². The molecule has 0 saturated carbocycles. The number of aromatic amines is 1. The molecule has 6 N–H and O–H groups in total. The van der Waals surface area contributed by atoms with Crippen molar-refractivity contribution in [3.05, 3.63) is 155 Å². The molecule has 1 aromatic carbocycles. The molecule has 17 heteroatoms. The van der Waals surface area contributed by atoms with E-state index in [1.165, 1.54) is 36.7 Å². The number of nitrogens with zero attached hydrogens (tertiary/aromatic N) is 4. The Kier molecular flexibility index (Phi) is 18.0. The Morgan fingerprint density at radius 2 is 1.25 bits per heavy atom. The minimum absolute atomic E-state index is 0.0494. The third-order valence-corrected chi connectivity index (χ3v) is 6.08. The summed E-state index contributed by atoms with van der Waals surface area (Å²) < 4.78 is 4.68. The maximum Gasteiger partial charge on any atom is 0.417 e. The predicted molar refractivity (Wildman–Crippen MR) is 186 cm³/mol. The van der Waals surface area contributed by atoms with Crippen LogP contribution in [0.1, 0.15) is 44.0 Å². The summed E-state index contributed by atoms with van der Waals surface area (Å²) in [5, 5.41) is 42.0. The highest BCUT2D eigenvalue weighted by Crippen LogP contribution is 2.12. The van der Waals surface area contributed by atoms with Crippen LogP contribution in [0.5, 0.6) is 0 Å². The van der Waals surface area contributed by atoms with Crippen molar-refractivity contribution in [3.63, 3.8) is 0 Å². The summed E-state index contributed by atoms with van der Waals surface area (Å²) in [5.41, 5.74) is 3.40. The number of carboxylic acids is 5. The van der Waals surface area contributed by atoms with Crippen LogP contribution in [0.4, 0.5) is 0 Å². The normalized spacial score (nSPS) is 9.51. The Hall–Kier alpha value is -7.56. The number of carboxylic acid groups (broad SMARTS) is 5. The molecule has 0 amide bonds. The number of hydrogen-bond acceptors (Lipinski definition) is 11. The van der Waals surface area contributed by atoms with E-state index < -0.39 is 35.6 Å². The van der Waals surface area contributed by atoms with Gasteiger partial charge in [0.15, 0.2) is 5.58 Å². The van der Waals surface area contributed by atoms with Crippen LogP contribution in [-0.2, 0) is 33.6 Å². The average Bonchev–Trinajstić information content (AvgIpc) is 3.52. The van der Waals surface area contributed by atoms with Gasteiger partial charge in [0.2, 0.25) is 0 Å². The summed E-state index contributed by atoms with van der Waals surface area (Å²) in [7, 11) is 0. The fourth-order valence-electron chi connectivity index (χ4n) is 3.70. The van der Waals surface area contributed by atoms with Crippen molar-refractivity contribution in [2.75, 3.05) is 0 Å². The summed E-state index contributed by atoms with van der Waals surface area (Å²) in [4.78, 5) is 79.4. The third kappa shape index (κ3) is 18.1. The van der Waals surface area contributed by atoms with Gasteiger partial charge in [0.05, 0.1) is 35.9 Å². The molecule has 5 heterocycles. The van der Waals surface area contributed by atoms with Gasteiger partial charge in [-0.3, -0.25) is 39.3 Å². The molecule has 53 heavy (non-hydrogen) atoms. The zero-order valence-electron chi connectivity index (χ0n) is 27.7. The van der Waals surface area contributed by atoms with Crippen molar-refractivity contribution in [2.24, 2.45) is 0 Å². The molecule has 0 fully saturated rings. The standard InChI is InChI=1S/C8H5NO4.C8H9NO2.2C7H7NO2.C6H5NO2/c10-7(11)4-1-2-5-6(3-4)13-8(12)9-5;10-8(11)5-4-7-3-1-2-6-9-7;9-7(10)5-6-1-3-8-4-2-6;9-7(10)4-6-2-1-3-8-5-6;8-6(9)5-2-1-3-7-4-5/h1-3H,(H,9,12)(H,10,11);1-3,6H,4-5H2,(H,10,11);1-4H,5H2,(H,9,10);1-3,5H,4H2,(H,9,10);1-4H,(H,8,9). The molecule has 274 valence electrons. The van der Waals surface area contributed by atoms with Crippen LogP contribution in [0, 0.1) is 0 Å². The van der Waals surface area contributed by atoms with Gasteiger partial charge in [-0.1, -0.05) is 12.1 Å². The first-order valence-electron chi connectivity index (χ1n) is 15.2. The topological polar surface area (TPSA) is 284 Å². The third-order valence-electron chi connectivity index (χ3n) is 6.08. The predicted octanol–water partition coefficient (Wildman–Crippen LogP) is 4.12. The van der Waals surface area contributed by atoms with E-state index >= 15 is 0 Å². The monoisotopic (exact) mass is 727 g/mol. The Bertz CT molecular complexity index is 2040. The zero-order chi connectivity index (χ0) is 39.0. The molecule has 6 aromatic rings. The number of aryl methyl sites for hydroxylation is 1. The number of oxazole rings is 1. The highest BCUT2D eigenvalue weighted by Gasteiger charge is 2.06. The van der Waals surface area contributed by atoms with Gasteiger partial charge in [0, 0.05) is 55.5 Å². The second-order valence-corrected chi connectivity index (χ2v) is 10.2. The largest absolute Gasteiger partial charge is 0.481 e. The summed E-state index contributed by atoms with van der Waals surface area (Å²) in [6.45, 7) is 0. The van der Waals surface area contributed by atoms with Crippen molar-refractivity contribution < 1.29 is 53.9 Å². The maximum atomic E-state index is 10.7. The van der Waals surface area contributed by atoms with Crippen LogP contribution in [0.15, 0.2) is 125 Å². The summed E-state index contributed by atoms with van der Waals surface area (Å²) in [6.07, 6.45) is 11.6. The Morgan fingerprint density at radius 1 is 0.604 bits per heavy atom. The lowest BCUT2D eigenvalue weighted by Crippen LogP contribution is -1.99. The van der Waals surface area contributed by atoms with Gasteiger partial charge in [-0.15, -0.1) is 0 Å². The quantitative estimate of drug-likeness (QED) is 0.122. The van der Waals surface area contributed by atoms with Crippen LogP contribution < -0.4 is 5.76 Å². The highest BCUT2D eigenvalue weighted by molar-refractivity contribution is 5.91. The van der Waals surface area contributed by atoms with E-state index in [9.17, 15) is 28.8 Å². The van der Waals surface area contributed by atoms with Crippen molar-refractivity contribution >= 4 is 40.9 Å². The SMILES string of the molecule is O=C(O)CCc1ccccn1.O=C(O)Cc1cccnc1.O=C(O)Cc1ccncc1.O=C(O)c1ccc2[nH]c(=O)oc2c1.O=C(O)c1cccnc1. The fraction of sp³-hybridized carbons (Fsp3) is 0.111. The van der Waals surface area contributed by atoms with Crippen LogP contribution >= 0.6 is 0 Å². The molecule has 0 aliphatic carbocycles. The number of H-pyrrole nitrogens is 1. The first-order valence-corrected chi connectivity index (χ1v) is 15.2. The van der Waals surface area contributed by atoms with Gasteiger partial charge >= 0.3 is 35.6 Å². The second kappa shape index (κ2) is 23.0. The number of carbonyl (C=O) groups is 5. The molecular weight excluding hydrogens is 694 g/mol. The number of pyridine rings is 4. The van der Waals surface area contributed by atoms with Crippen molar-refractivity contribution in [3.8, 4) is 0 Å². The molecule has 6 rings (SSSR count). The minimum Gasteiger partial charge on any atom is -0.481 e. The fourth-order valence-corrected chi connectivity index (χ4v) is 3.70. The molecule has 0 radical (unpaired) electrons. The number of fused-ring (bicyclic) bond motifs is 1. The van der Waals surface area contributed by atoms with Crippen LogP contribution in [0.2, 0.25) is 0 Å². The number of hydrogen-bond donors (Lipinski definition) is 6. The minimum atomic E-state index is -1.05. The van der Waals surface area contributed by atoms with E-state index in [1.807, 2.05) is 18.2 Å². The van der Waals surface area contributed by atoms with Crippen LogP contribution in [0.25, 0.3) is 11.1 Å². The van der Waals surface area contributed by atoms with E-state index in [1.54, 1.807) is 61.3 Å². The number of rotatable bonds is 9. The molecule has 0 saturated heterocycles. The van der Waals surface area contributed by atoms with Crippen LogP contribution in [-0.4, -0.2) is 80.3 Å². The van der Waals surface area contributed by atoms with E-state index in [4.69, 9.17) is 25.5 Å². The molecule has 0 unspecified atom stereocenters. The number of benzene rings is 1. The van der Waals surface area contributed by atoms with Gasteiger partial charge in [-0.05, 0) is 71.8 Å². The zero-order valence-corrected chi connectivity index (χ0v) is 27.7. The summed E-state index contributed by atoms with van der Waals surface area (Å²) >= 11 is 0. The number of aliphatic carboxylic acids is 3. The molecule has 0 bridgehead atoms. The number of nitrogens with one attached hydrogen (secondary N) is 1. The van der Waals surface area contributed by atoms with Crippen LogP contribution in [0.3, 0.4) is 0 Å². The number of aromatic carboxylic acids is 2. The Balaban J connectivity index is 0.000000231.